The molecule has 4 rings (SSSR count). The summed E-state index contributed by atoms with van der Waals surface area (Å²) in [5.41, 5.74) is 2.41. The molecule has 0 aromatic heterocycles. The molecule has 5 heteroatoms. The van der Waals surface area contributed by atoms with E-state index in [0.717, 1.165) is 29.4 Å². The largest absolute Gasteiger partial charge is 0.480 e. The second-order valence-electron chi connectivity index (χ2n) is 7.40. The number of benzene rings is 2. The fourth-order valence-corrected chi connectivity index (χ4v) is 4.59. The smallest absolute Gasteiger partial charge is 0.351 e. The van der Waals surface area contributed by atoms with Gasteiger partial charge in [0.05, 0.1) is 18.5 Å². The fourth-order valence-electron chi connectivity index (χ4n) is 4.59. The van der Waals surface area contributed by atoms with Crippen LogP contribution in [0.1, 0.15) is 39.3 Å². The van der Waals surface area contributed by atoms with Gasteiger partial charge in [-0.1, -0.05) is 30.3 Å². The van der Waals surface area contributed by atoms with Gasteiger partial charge in [0.2, 0.25) is 0 Å². The number of hydrogen-bond acceptors (Lipinski definition) is 4. The van der Waals surface area contributed by atoms with E-state index in [4.69, 9.17) is 9.47 Å². The quantitative estimate of drug-likeness (QED) is 0.659. The molecule has 0 aliphatic carbocycles. The summed E-state index contributed by atoms with van der Waals surface area (Å²) in [6.07, 6.45) is 0. The minimum Gasteiger partial charge on any atom is -0.480 e. The second kappa shape index (κ2) is 5.48. The summed E-state index contributed by atoms with van der Waals surface area (Å²) in [6, 6.07) is 12.0. The van der Waals surface area contributed by atoms with Gasteiger partial charge in [-0.3, -0.25) is 4.48 Å². The molecule has 0 radical (unpaired) electrons. The zero-order valence-corrected chi connectivity index (χ0v) is 15.6. The molecule has 2 aliphatic heterocycles. The number of carbonyl (C=O) groups excluding carboxylic acids is 1. The molecule has 2 aromatic carbocycles. The van der Waals surface area contributed by atoms with Crippen LogP contribution in [0.5, 0.6) is 0 Å². The Morgan fingerprint density at radius 3 is 2.35 bits per heavy atom. The van der Waals surface area contributed by atoms with Crippen LogP contribution in [-0.2, 0) is 14.3 Å². The average molecular weight is 354 g/mol. The molecule has 0 unspecified atom stereocenters. The Morgan fingerprint density at radius 1 is 1.08 bits per heavy atom. The van der Waals surface area contributed by atoms with Gasteiger partial charge in [0, 0.05) is 19.4 Å². The number of carbonyl (C=O) groups is 1. The lowest BCUT2D eigenvalue weighted by Crippen LogP contribution is -2.52. The summed E-state index contributed by atoms with van der Waals surface area (Å²) in [5.74, 6) is -2.01. The molecule has 5 nitrogen and oxygen atoms in total. The van der Waals surface area contributed by atoms with Crippen molar-refractivity contribution in [3.05, 3.63) is 53.5 Å². The number of ether oxygens (including phenoxy) is 2. The zero-order chi connectivity index (χ0) is 18.7. The van der Waals surface area contributed by atoms with Crippen LogP contribution in [0.15, 0.2) is 47.9 Å². The Labute approximate surface area is 153 Å². The Balaban J connectivity index is 2.03. The lowest BCUT2D eigenvalue weighted by molar-refractivity contribution is -0.223. The molecule has 2 aliphatic rings. The molecule has 2 heterocycles. The van der Waals surface area contributed by atoms with E-state index in [1.807, 2.05) is 12.1 Å². The van der Waals surface area contributed by atoms with E-state index in [1.54, 1.807) is 13.8 Å². The summed E-state index contributed by atoms with van der Waals surface area (Å²) in [6.45, 7) is 9.01. The first kappa shape index (κ1) is 16.9. The van der Waals surface area contributed by atoms with E-state index < -0.39 is 11.8 Å². The van der Waals surface area contributed by atoms with Crippen molar-refractivity contribution in [2.45, 2.75) is 39.5 Å². The highest BCUT2D eigenvalue weighted by Gasteiger charge is 2.53. The highest BCUT2D eigenvalue weighted by molar-refractivity contribution is 6.02. The van der Waals surface area contributed by atoms with Crippen LogP contribution in [0.3, 0.4) is 0 Å². The maximum Gasteiger partial charge on any atom is 0.351 e. The number of aliphatic hydroxyl groups is 1. The van der Waals surface area contributed by atoms with Crippen molar-refractivity contribution >= 4 is 22.4 Å². The monoisotopic (exact) mass is 354 g/mol. The molecule has 0 bridgehead atoms. The van der Waals surface area contributed by atoms with Crippen molar-refractivity contribution in [2.75, 3.05) is 13.1 Å². The predicted octanol–water partition coefficient (Wildman–Crippen LogP) is 4.32. The highest BCUT2D eigenvalue weighted by atomic mass is 16.8. The summed E-state index contributed by atoms with van der Waals surface area (Å²) < 4.78 is 11.5. The Morgan fingerprint density at radius 2 is 1.73 bits per heavy atom. The van der Waals surface area contributed by atoms with E-state index in [9.17, 15) is 9.90 Å². The maximum atomic E-state index is 12.9. The van der Waals surface area contributed by atoms with E-state index in [1.165, 1.54) is 5.69 Å². The van der Waals surface area contributed by atoms with Gasteiger partial charge >= 0.3 is 5.97 Å². The van der Waals surface area contributed by atoms with Crippen LogP contribution >= 0.6 is 0 Å². The Kier molecular flexibility index (Phi) is 3.57. The van der Waals surface area contributed by atoms with Crippen LogP contribution in [-0.4, -0.2) is 30.0 Å². The van der Waals surface area contributed by atoms with E-state index >= 15 is 0 Å². The highest BCUT2D eigenvalue weighted by Crippen LogP contribution is 2.53. The van der Waals surface area contributed by atoms with Gasteiger partial charge in [-0.2, -0.15) is 0 Å². The minimum atomic E-state index is -1.17. The molecular weight excluding hydrogens is 330 g/mol. The molecule has 2 aromatic rings. The first-order chi connectivity index (χ1) is 12.3. The molecular formula is C21H24NO4+. The number of hydrogen-bond donors (Lipinski definition) is 1. The number of aliphatic hydroxyl groups excluding tert-OH is 1. The summed E-state index contributed by atoms with van der Waals surface area (Å²) in [5, 5.41) is 12.9. The first-order valence-electron chi connectivity index (χ1n) is 9.09. The van der Waals surface area contributed by atoms with Gasteiger partial charge in [-0.05, 0) is 25.3 Å². The number of likely N-dealkylation sites (N-methyl/N-ethyl adjacent to an activating group) is 1. The van der Waals surface area contributed by atoms with E-state index in [2.05, 4.69) is 38.1 Å². The average Bonchev–Trinajstić information content (AvgIpc) is 2.86. The Bertz CT molecular complexity index is 935. The van der Waals surface area contributed by atoms with Crippen molar-refractivity contribution in [1.29, 1.82) is 0 Å². The van der Waals surface area contributed by atoms with Crippen molar-refractivity contribution in [1.82, 2.24) is 4.48 Å². The third kappa shape index (κ3) is 2.10. The normalized spacial score (nSPS) is 23.1. The molecule has 26 heavy (non-hydrogen) atoms. The minimum absolute atomic E-state index is 0.205. The molecule has 1 N–H and O–H groups in total. The van der Waals surface area contributed by atoms with Gasteiger partial charge in [0.15, 0.2) is 11.6 Å². The molecule has 0 amide bonds. The standard InChI is InChI=1S/C21H23NO4/c1-5-22(6-2)15-12-8-10-13-9-7-11-14(16(13)15)18(22)17-19(23)25-21(3,4)26-20(17)24/h7-12,18H,5-6H2,1-4H3/p+1/t18-/m0/s1. The van der Waals surface area contributed by atoms with Gasteiger partial charge < -0.3 is 14.6 Å². The van der Waals surface area contributed by atoms with Gasteiger partial charge in [-0.25, -0.2) is 4.79 Å². The molecule has 136 valence electrons. The van der Waals surface area contributed by atoms with Crippen molar-refractivity contribution < 1.29 is 19.4 Å². The lowest BCUT2D eigenvalue weighted by Gasteiger charge is -2.41. The van der Waals surface area contributed by atoms with Crippen LogP contribution in [0.25, 0.3) is 10.8 Å². The lowest BCUT2D eigenvalue weighted by atomic mass is 9.95. The molecule has 0 fully saturated rings. The predicted molar refractivity (Wildman–Crippen MR) is 100 cm³/mol. The summed E-state index contributed by atoms with van der Waals surface area (Å²) >= 11 is 0. The summed E-state index contributed by atoms with van der Waals surface area (Å²) in [4.78, 5) is 12.9. The first-order valence-corrected chi connectivity index (χ1v) is 9.09. The van der Waals surface area contributed by atoms with Crippen LogP contribution in [0.2, 0.25) is 0 Å². The number of cyclic esters (lactones) is 1. The third-order valence-corrected chi connectivity index (χ3v) is 5.72. The maximum absolute atomic E-state index is 12.9. The van der Waals surface area contributed by atoms with Gasteiger partial charge in [0.1, 0.15) is 5.69 Å². The number of quaternary nitrogens is 1. The van der Waals surface area contributed by atoms with Crippen LogP contribution in [0.4, 0.5) is 5.69 Å². The van der Waals surface area contributed by atoms with E-state index in [0.29, 0.717) is 4.48 Å². The second-order valence-corrected chi connectivity index (χ2v) is 7.40. The fraction of sp³-hybridized carbons (Fsp3) is 0.381. The molecule has 0 spiro atoms. The molecule has 0 saturated heterocycles. The van der Waals surface area contributed by atoms with Crippen molar-refractivity contribution in [3.63, 3.8) is 0 Å². The third-order valence-electron chi connectivity index (χ3n) is 5.72. The Hall–Kier alpha value is -2.53. The number of nitrogens with zero attached hydrogens (tertiary/aromatic N) is 1. The number of rotatable bonds is 3. The molecule has 0 saturated carbocycles. The molecule has 1 atom stereocenters. The van der Waals surface area contributed by atoms with Gasteiger partial charge in [0.25, 0.3) is 11.7 Å². The van der Waals surface area contributed by atoms with Crippen LogP contribution in [0, 0.1) is 0 Å². The topological polar surface area (TPSA) is 55.8 Å². The van der Waals surface area contributed by atoms with Crippen molar-refractivity contribution in [2.24, 2.45) is 0 Å². The summed E-state index contributed by atoms with van der Waals surface area (Å²) in [7, 11) is 0. The SMILES string of the molecule is CC[N+]1(CC)c2cccc3cccc(c23)[C@H]1C1=C(O)OC(C)(C)OC1=O. The number of esters is 1. The van der Waals surface area contributed by atoms with Crippen molar-refractivity contribution in [3.8, 4) is 0 Å². The van der Waals surface area contributed by atoms with Crippen LogP contribution < -0.4 is 4.48 Å². The zero-order valence-electron chi connectivity index (χ0n) is 15.6. The van der Waals surface area contributed by atoms with E-state index in [-0.39, 0.29) is 17.6 Å². The van der Waals surface area contributed by atoms with Gasteiger partial charge in [-0.15, -0.1) is 0 Å².